The van der Waals surface area contributed by atoms with Crippen molar-refractivity contribution in [1.82, 2.24) is 10.3 Å². The average Bonchev–Trinajstić information content (AvgIpc) is 2.81. The van der Waals surface area contributed by atoms with Crippen LogP contribution in [0.25, 0.3) is 0 Å². The second-order valence-electron chi connectivity index (χ2n) is 3.87. The first-order valence-electron chi connectivity index (χ1n) is 5.66. The molecule has 0 unspecified atom stereocenters. The Morgan fingerprint density at radius 1 is 1.39 bits per heavy atom. The third-order valence-corrected chi connectivity index (χ3v) is 3.64. The van der Waals surface area contributed by atoms with Gasteiger partial charge in [-0.05, 0) is 36.1 Å². The molecule has 0 aliphatic heterocycles. The van der Waals surface area contributed by atoms with E-state index in [2.05, 4.69) is 15.6 Å². The molecular formula is C13H15N3OS. The summed E-state index contributed by atoms with van der Waals surface area (Å²) in [4.78, 5) is 17.3. The van der Waals surface area contributed by atoms with Gasteiger partial charge in [0.1, 0.15) is 11.5 Å². The zero-order valence-corrected chi connectivity index (χ0v) is 11.2. The topological polar surface area (TPSA) is 54.0 Å². The minimum absolute atomic E-state index is 0.153. The highest BCUT2D eigenvalue weighted by Crippen LogP contribution is 2.15. The van der Waals surface area contributed by atoms with Gasteiger partial charge in [0, 0.05) is 11.9 Å². The lowest BCUT2D eigenvalue weighted by atomic mass is 10.3. The highest BCUT2D eigenvalue weighted by molar-refractivity contribution is 7.10. The zero-order valence-electron chi connectivity index (χ0n) is 10.4. The summed E-state index contributed by atoms with van der Waals surface area (Å²) in [6.45, 7) is 2.59. The normalized spacial score (nSPS) is 10.1. The molecular weight excluding hydrogens is 246 g/mol. The molecule has 2 aromatic rings. The maximum absolute atomic E-state index is 11.9. The molecule has 0 fully saturated rings. The Hall–Kier alpha value is -1.88. The molecule has 18 heavy (non-hydrogen) atoms. The Kier molecular flexibility index (Phi) is 3.94. The van der Waals surface area contributed by atoms with Crippen LogP contribution < -0.4 is 10.6 Å². The maximum Gasteiger partial charge on any atom is 0.270 e. The number of amides is 1. The number of anilines is 1. The van der Waals surface area contributed by atoms with Crippen molar-refractivity contribution in [2.45, 2.75) is 13.5 Å². The van der Waals surface area contributed by atoms with Gasteiger partial charge in [0.05, 0.1) is 6.54 Å². The largest absolute Gasteiger partial charge is 0.373 e. The molecule has 94 valence electrons. The number of nitrogens with zero attached hydrogens (tertiary/aromatic N) is 1. The number of aromatic nitrogens is 1. The summed E-state index contributed by atoms with van der Waals surface area (Å²) < 4.78 is 0. The van der Waals surface area contributed by atoms with E-state index in [-0.39, 0.29) is 5.91 Å². The van der Waals surface area contributed by atoms with Crippen LogP contribution >= 0.6 is 11.3 Å². The fraction of sp³-hybridized carbons (Fsp3) is 0.231. The van der Waals surface area contributed by atoms with E-state index < -0.39 is 0 Å². The molecule has 2 rings (SSSR count). The van der Waals surface area contributed by atoms with Crippen LogP contribution in [0, 0.1) is 6.92 Å². The summed E-state index contributed by atoms with van der Waals surface area (Å²) in [6, 6.07) is 7.38. The van der Waals surface area contributed by atoms with Crippen molar-refractivity contribution in [2.24, 2.45) is 0 Å². The number of nitrogens with one attached hydrogen (secondary N) is 2. The van der Waals surface area contributed by atoms with E-state index in [1.807, 2.05) is 30.5 Å². The number of pyridine rings is 1. The van der Waals surface area contributed by atoms with Gasteiger partial charge < -0.3 is 10.6 Å². The quantitative estimate of drug-likeness (QED) is 0.888. The molecule has 0 aliphatic rings. The number of thiophene rings is 1. The standard InChI is InChI=1S/C13H15N3OS/c1-9-6-7-18-11(9)8-15-13(17)10-4-3-5-12(14-2)16-10/h3-7H,8H2,1-2H3,(H,14,16)(H,15,17). The molecule has 1 amide bonds. The van der Waals surface area contributed by atoms with E-state index in [4.69, 9.17) is 0 Å². The van der Waals surface area contributed by atoms with Crippen LogP contribution in [0.4, 0.5) is 5.82 Å². The van der Waals surface area contributed by atoms with Gasteiger partial charge in [0.25, 0.3) is 5.91 Å². The van der Waals surface area contributed by atoms with Crippen molar-refractivity contribution in [3.8, 4) is 0 Å². The molecule has 0 saturated carbocycles. The van der Waals surface area contributed by atoms with Crippen LogP contribution in [0.15, 0.2) is 29.6 Å². The van der Waals surface area contributed by atoms with E-state index in [1.165, 1.54) is 10.4 Å². The van der Waals surface area contributed by atoms with E-state index in [1.54, 1.807) is 24.5 Å². The molecule has 0 bridgehead atoms. The molecule has 0 spiro atoms. The predicted octanol–water partition coefficient (Wildman–Crippen LogP) is 2.42. The lowest BCUT2D eigenvalue weighted by Crippen LogP contribution is -2.23. The molecule has 2 N–H and O–H groups in total. The lowest BCUT2D eigenvalue weighted by Gasteiger charge is -2.05. The van der Waals surface area contributed by atoms with Gasteiger partial charge in [-0.25, -0.2) is 4.98 Å². The van der Waals surface area contributed by atoms with E-state index in [0.29, 0.717) is 18.1 Å². The van der Waals surface area contributed by atoms with Gasteiger partial charge in [0.2, 0.25) is 0 Å². The van der Waals surface area contributed by atoms with Gasteiger partial charge in [-0.3, -0.25) is 4.79 Å². The van der Waals surface area contributed by atoms with Crippen LogP contribution in [0.5, 0.6) is 0 Å². The molecule has 0 aliphatic carbocycles. The Bertz CT molecular complexity index is 551. The number of rotatable bonds is 4. The monoisotopic (exact) mass is 261 g/mol. The van der Waals surface area contributed by atoms with Crippen molar-refractivity contribution < 1.29 is 4.79 Å². The minimum Gasteiger partial charge on any atom is -0.373 e. The summed E-state index contributed by atoms with van der Waals surface area (Å²) in [5.74, 6) is 0.537. The first kappa shape index (κ1) is 12.6. The number of carbonyl (C=O) groups excluding carboxylic acids is 1. The number of aryl methyl sites for hydroxylation is 1. The van der Waals surface area contributed by atoms with Gasteiger partial charge in [0.15, 0.2) is 0 Å². The highest BCUT2D eigenvalue weighted by Gasteiger charge is 2.08. The molecule has 2 aromatic heterocycles. The Morgan fingerprint density at radius 2 is 2.22 bits per heavy atom. The molecule has 0 radical (unpaired) electrons. The smallest absolute Gasteiger partial charge is 0.270 e. The van der Waals surface area contributed by atoms with Crippen molar-refractivity contribution in [2.75, 3.05) is 12.4 Å². The third kappa shape index (κ3) is 2.87. The number of hydrogen-bond donors (Lipinski definition) is 2. The van der Waals surface area contributed by atoms with Gasteiger partial charge in [-0.15, -0.1) is 11.3 Å². The Balaban J connectivity index is 2.01. The van der Waals surface area contributed by atoms with Gasteiger partial charge in [-0.2, -0.15) is 0 Å². The molecule has 4 nitrogen and oxygen atoms in total. The Labute approximate surface area is 110 Å². The number of hydrogen-bond acceptors (Lipinski definition) is 4. The van der Waals surface area contributed by atoms with E-state index >= 15 is 0 Å². The Morgan fingerprint density at radius 3 is 2.89 bits per heavy atom. The molecule has 5 heteroatoms. The van der Waals surface area contributed by atoms with Crippen LogP contribution in [-0.2, 0) is 6.54 Å². The third-order valence-electron chi connectivity index (χ3n) is 2.62. The van der Waals surface area contributed by atoms with Crippen LogP contribution in [0.3, 0.4) is 0 Å². The second-order valence-corrected chi connectivity index (χ2v) is 4.87. The second kappa shape index (κ2) is 5.64. The van der Waals surface area contributed by atoms with Crippen molar-refractivity contribution in [3.63, 3.8) is 0 Å². The average molecular weight is 261 g/mol. The maximum atomic E-state index is 11.9. The van der Waals surface area contributed by atoms with E-state index in [9.17, 15) is 4.79 Å². The summed E-state index contributed by atoms with van der Waals surface area (Å²) in [5.41, 5.74) is 1.63. The van der Waals surface area contributed by atoms with Crippen LogP contribution in [0.1, 0.15) is 20.9 Å². The molecule has 0 aromatic carbocycles. The van der Waals surface area contributed by atoms with Crippen molar-refractivity contribution in [3.05, 3.63) is 45.8 Å². The molecule has 0 saturated heterocycles. The fourth-order valence-electron chi connectivity index (χ4n) is 1.54. The van der Waals surface area contributed by atoms with Crippen LogP contribution in [-0.4, -0.2) is 17.9 Å². The van der Waals surface area contributed by atoms with Gasteiger partial charge >= 0.3 is 0 Å². The highest BCUT2D eigenvalue weighted by atomic mass is 32.1. The first-order valence-corrected chi connectivity index (χ1v) is 6.54. The minimum atomic E-state index is -0.153. The predicted molar refractivity (Wildman–Crippen MR) is 74.0 cm³/mol. The van der Waals surface area contributed by atoms with Crippen LogP contribution in [0.2, 0.25) is 0 Å². The van der Waals surface area contributed by atoms with Gasteiger partial charge in [-0.1, -0.05) is 6.07 Å². The summed E-state index contributed by atoms with van der Waals surface area (Å²) >= 11 is 1.65. The molecule has 0 atom stereocenters. The first-order chi connectivity index (χ1) is 8.70. The van der Waals surface area contributed by atoms with Crippen molar-refractivity contribution in [1.29, 1.82) is 0 Å². The fourth-order valence-corrected chi connectivity index (χ4v) is 2.38. The summed E-state index contributed by atoms with van der Waals surface area (Å²) in [7, 11) is 1.78. The summed E-state index contributed by atoms with van der Waals surface area (Å²) in [6.07, 6.45) is 0. The molecule has 2 heterocycles. The zero-order chi connectivity index (χ0) is 13.0. The summed E-state index contributed by atoms with van der Waals surface area (Å²) in [5, 5.41) is 7.81. The van der Waals surface area contributed by atoms with E-state index in [0.717, 1.165) is 0 Å². The lowest BCUT2D eigenvalue weighted by molar-refractivity contribution is 0.0946. The number of carbonyl (C=O) groups is 1. The SMILES string of the molecule is CNc1cccc(C(=O)NCc2sccc2C)n1. The van der Waals surface area contributed by atoms with Crippen molar-refractivity contribution >= 4 is 23.1 Å².